The molecule has 0 bridgehead atoms. The van der Waals surface area contributed by atoms with Gasteiger partial charge in [0.25, 0.3) is 0 Å². The molecule has 0 amide bonds. The van der Waals surface area contributed by atoms with Crippen LogP contribution in [0.1, 0.15) is 11.1 Å². The van der Waals surface area contributed by atoms with Crippen molar-refractivity contribution in [3.05, 3.63) is 132 Å². The molecule has 3 heterocycles. The molecule has 2 aliphatic rings. The normalized spacial score (nSPS) is 14.9. The molecule has 3 heteroatoms. The maximum atomic E-state index is 4.70. The molecule has 2 aliphatic heterocycles. The largest absolute Gasteiger partial charge is 0.681 e. The SMILES string of the molecule is C1=CC[N-]C(c2ccc3c(ccc4c5ccc(C6=CCN=C6)cc5n(-c5ccc6ccccc6c5)c34)c2)=C1. The maximum absolute atomic E-state index is 4.70. The van der Waals surface area contributed by atoms with E-state index in [1.165, 1.54) is 60.2 Å². The Balaban J connectivity index is 1.45. The summed E-state index contributed by atoms with van der Waals surface area (Å²) in [6.45, 7) is 1.50. The van der Waals surface area contributed by atoms with Crippen LogP contribution in [0.25, 0.3) is 65.6 Å². The summed E-state index contributed by atoms with van der Waals surface area (Å²) < 4.78 is 2.45. The van der Waals surface area contributed by atoms with Crippen molar-refractivity contribution in [2.45, 2.75) is 0 Å². The highest BCUT2D eigenvalue weighted by Gasteiger charge is 2.17. The molecular formula is C35H24N3-. The van der Waals surface area contributed by atoms with Crippen molar-refractivity contribution in [1.29, 1.82) is 0 Å². The van der Waals surface area contributed by atoms with Gasteiger partial charge in [0.05, 0.1) is 17.6 Å². The smallest absolute Gasteiger partial charge is 0.0619 e. The Morgan fingerprint density at radius 3 is 2.42 bits per heavy atom. The van der Waals surface area contributed by atoms with Gasteiger partial charge in [-0.2, -0.15) is 0 Å². The molecule has 38 heavy (non-hydrogen) atoms. The standard InChI is InChI=1S/C35H24N3/c1-2-6-24-20-29(12-8-23(24)5-1)38-34-21-25(28-16-18-36-22-28)9-14-31(34)32-15-10-26-19-27(11-13-30(26)35(32)38)33-7-3-4-17-37-33/h1-16,19-22H,17-18H2/q-1. The van der Waals surface area contributed by atoms with Gasteiger partial charge in [-0.15, -0.1) is 18.3 Å². The monoisotopic (exact) mass is 486 g/mol. The van der Waals surface area contributed by atoms with Gasteiger partial charge in [-0.05, 0) is 57.1 Å². The number of hydrogen-bond acceptors (Lipinski definition) is 1. The van der Waals surface area contributed by atoms with E-state index in [-0.39, 0.29) is 0 Å². The Kier molecular flexibility index (Phi) is 4.65. The van der Waals surface area contributed by atoms with Crippen LogP contribution >= 0.6 is 0 Å². The van der Waals surface area contributed by atoms with Gasteiger partial charge in [-0.25, -0.2) is 0 Å². The lowest BCUT2D eigenvalue weighted by Crippen LogP contribution is -1.96. The van der Waals surface area contributed by atoms with E-state index in [1.54, 1.807) is 0 Å². The number of aromatic nitrogens is 1. The summed E-state index contributed by atoms with van der Waals surface area (Å²) in [4.78, 5) is 4.43. The summed E-state index contributed by atoms with van der Waals surface area (Å²) in [6.07, 6.45) is 10.5. The molecule has 3 nitrogen and oxygen atoms in total. The molecule has 0 saturated heterocycles. The Morgan fingerprint density at radius 1 is 0.711 bits per heavy atom. The fraction of sp³-hybridized carbons (Fsp3) is 0.0571. The fourth-order valence-corrected chi connectivity index (χ4v) is 5.92. The number of aliphatic imine (C=N–C) groups is 1. The zero-order chi connectivity index (χ0) is 25.1. The van der Waals surface area contributed by atoms with Crippen molar-refractivity contribution in [2.75, 3.05) is 13.1 Å². The van der Waals surface area contributed by atoms with Crippen molar-refractivity contribution in [3.8, 4) is 5.69 Å². The minimum absolute atomic E-state index is 0.739. The summed E-state index contributed by atoms with van der Waals surface area (Å²) in [6, 6.07) is 33.5. The van der Waals surface area contributed by atoms with E-state index in [1.807, 2.05) is 6.21 Å². The quantitative estimate of drug-likeness (QED) is 0.239. The molecule has 0 N–H and O–H groups in total. The number of allylic oxidation sites excluding steroid dienone is 3. The first-order valence-corrected chi connectivity index (χ1v) is 13.1. The molecular weight excluding hydrogens is 462 g/mol. The van der Waals surface area contributed by atoms with E-state index >= 15 is 0 Å². The van der Waals surface area contributed by atoms with Gasteiger partial charge in [-0.1, -0.05) is 85.0 Å². The molecule has 0 radical (unpaired) electrons. The molecule has 0 saturated carbocycles. The van der Waals surface area contributed by atoms with Gasteiger partial charge in [0, 0.05) is 28.1 Å². The average molecular weight is 487 g/mol. The minimum atomic E-state index is 0.739. The molecule has 5 aromatic carbocycles. The van der Waals surface area contributed by atoms with Crippen LogP contribution in [-0.4, -0.2) is 23.9 Å². The summed E-state index contributed by atoms with van der Waals surface area (Å²) in [5.41, 5.74) is 8.21. The molecule has 0 fully saturated rings. The summed E-state index contributed by atoms with van der Waals surface area (Å²) in [5, 5.41) is 12.2. The van der Waals surface area contributed by atoms with Crippen LogP contribution in [0.2, 0.25) is 0 Å². The van der Waals surface area contributed by atoms with Gasteiger partial charge in [0.15, 0.2) is 0 Å². The van der Waals surface area contributed by atoms with E-state index in [0.29, 0.717) is 0 Å². The van der Waals surface area contributed by atoms with E-state index in [2.05, 4.69) is 125 Å². The topological polar surface area (TPSA) is 31.4 Å². The maximum Gasteiger partial charge on any atom is 0.0619 e. The van der Waals surface area contributed by atoms with Crippen LogP contribution in [0.5, 0.6) is 0 Å². The Morgan fingerprint density at radius 2 is 1.55 bits per heavy atom. The first kappa shape index (κ1) is 21.2. The van der Waals surface area contributed by atoms with Crippen molar-refractivity contribution in [1.82, 2.24) is 4.57 Å². The van der Waals surface area contributed by atoms with Crippen LogP contribution < -0.4 is 0 Å². The lowest BCUT2D eigenvalue weighted by Gasteiger charge is -2.26. The molecule has 6 aromatic rings. The Bertz CT molecular complexity index is 2050. The predicted octanol–water partition coefficient (Wildman–Crippen LogP) is 8.84. The van der Waals surface area contributed by atoms with Crippen LogP contribution in [0.15, 0.2) is 120 Å². The second-order valence-electron chi connectivity index (χ2n) is 9.97. The van der Waals surface area contributed by atoms with E-state index in [4.69, 9.17) is 5.32 Å². The van der Waals surface area contributed by atoms with Crippen LogP contribution in [0.3, 0.4) is 0 Å². The molecule has 0 unspecified atom stereocenters. The Hall–Kier alpha value is -4.89. The highest BCUT2D eigenvalue weighted by molar-refractivity contribution is 6.20. The van der Waals surface area contributed by atoms with Crippen molar-refractivity contribution >= 4 is 60.8 Å². The van der Waals surface area contributed by atoms with Crippen molar-refractivity contribution < 1.29 is 0 Å². The summed E-state index contributed by atoms with van der Waals surface area (Å²) >= 11 is 0. The van der Waals surface area contributed by atoms with Gasteiger partial charge in [-0.3, -0.25) is 4.99 Å². The third kappa shape index (κ3) is 3.25. The number of fused-ring (bicyclic) bond motifs is 6. The van der Waals surface area contributed by atoms with Crippen LogP contribution in [0, 0.1) is 0 Å². The fourth-order valence-electron chi connectivity index (χ4n) is 5.92. The molecule has 0 spiro atoms. The van der Waals surface area contributed by atoms with Crippen LogP contribution in [-0.2, 0) is 0 Å². The summed E-state index contributed by atoms with van der Waals surface area (Å²) in [7, 11) is 0. The number of rotatable bonds is 3. The van der Waals surface area contributed by atoms with E-state index < -0.39 is 0 Å². The van der Waals surface area contributed by atoms with Crippen molar-refractivity contribution in [3.63, 3.8) is 0 Å². The average Bonchev–Trinajstić information content (AvgIpc) is 3.64. The number of hydrogen-bond donors (Lipinski definition) is 0. The molecule has 0 aliphatic carbocycles. The molecule has 1 aromatic heterocycles. The highest BCUT2D eigenvalue weighted by atomic mass is 15.0. The second kappa shape index (κ2) is 8.32. The third-order valence-corrected chi connectivity index (χ3v) is 7.77. The predicted molar refractivity (Wildman–Crippen MR) is 162 cm³/mol. The van der Waals surface area contributed by atoms with Gasteiger partial charge >= 0.3 is 0 Å². The summed E-state index contributed by atoms with van der Waals surface area (Å²) in [5.74, 6) is 0. The van der Waals surface area contributed by atoms with E-state index in [0.717, 1.165) is 24.4 Å². The first-order valence-electron chi connectivity index (χ1n) is 13.1. The highest BCUT2D eigenvalue weighted by Crippen LogP contribution is 2.39. The zero-order valence-electron chi connectivity index (χ0n) is 20.8. The Labute approximate surface area is 220 Å². The zero-order valence-corrected chi connectivity index (χ0v) is 20.8. The second-order valence-corrected chi connectivity index (χ2v) is 9.97. The van der Waals surface area contributed by atoms with Crippen molar-refractivity contribution in [2.24, 2.45) is 4.99 Å². The number of nitrogens with zero attached hydrogens (tertiary/aromatic N) is 3. The molecule has 8 rings (SSSR count). The van der Waals surface area contributed by atoms with Gasteiger partial charge in [0.1, 0.15) is 0 Å². The first-order chi connectivity index (χ1) is 18.8. The molecule has 0 atom stereocenters. The third-order valence-electron chi connectivity index (χ3n) is 7.77. The van der Waals surface area contributed by atoms with E-state index in [9.17, 15) is 0 Å². The van der Waals surface area contributed by atoms with Gasteiger partial charge < -0.3 is 9.88 Å². The minimum Gasteiger partial charge on any atom is -0.681 e. The lowest BCUT2D eigenvalue weighted by atomic mass is 10.0. The lowest BCUT2D eigenvalue weighted by molar-refractivity contribution is 1.19. The van der Waals surface area contributed by atoms with Gasteiger partial charge in [0.2, 0.25) is 0 Å². The number of benzene rings is 5. The molecule has 180 valence electrons. The van der Waals surface area contributed by atoms with Crippen LogP contribution in [0.4, 0.5) is 0 Å².